The summed E-state index contributed by atoms with van der Waals surface area (Å²) in [5.74, 6) is -0.0345. The van der Waals surface area contributed by atoms with Crippen molar-refractivity contribution in [3.63, 3.8) is 0 Å². The number of nitro groups is 1. The van der Waals surface area contributed by atoms with Gasteiger partial charge >= 0.3 is 0 Å². The summed E-state index contributed by atoms with van der Waals surface area (Å²) in [4.78, 5) is 24.0. The molecule has 0 fully saturated rings. The van der Waals surface area contributed by atoms with Crippen molar-refractivity contribution in [2.24, 2.45) is 5.92 Å². The van der Waals surface area contributed by atoms with Crippen LogP contribution in [0.5, 0.6) is 0 Å². The predicted octanol–water partition coefficient (Wildman–Crippen LogP) is 2.95. The highest BCUT2D eigenvalue weighted by Gasteiger charge is 2.22. The van der Waals surface area contributed by atoms with E-state index >= 15 is 0 Å². The largest absolute Gasteiger partial charge is 0.397 e. The molecule has 0 saturated carbocycles. The number of carbonyl (C=O) groups is 1. The van der Waals surface area contributed by atoms with E-state index in [9.17, 15) is 14.9 Å². The second-order valence-electron chi connectivity index (χ2n) is 4.85. The highest BCUT2D eigenvalue weighted by molar-refractivity contribution is 6.34. The monoisotopic (exact) mass is 299 g/mol. The minimum absolute atomic E-state index is 0.0134. The number of nitrogens with two attached hydrogens (primary N) is 1. The Hall–Kier alpha value is -1.82. The van der Waals surface area contributed by atoms with E-state index in [-0.39, 0.29) is 27.9 Å². The van der Waals surface area contributed by atoms with Gasteiger partial charge in [-0.05, 0) is 5.92 Å². The number of benzene rings is 1. The van der Waals surface area contributed by atoms with Gasteiger partial charge in [0.05, 0.1) is 21.2 Å². The topological polar surface area (TPSA) is 89.5 Å². The summed E-state index contributed by atoms with van der Waals surface area (Å²) in [6, 6.07) is 2.30. The zero-order valence-corrected chi connectivity index (χ0v) is 12.5. The number of carbonyl (C=O) groups excluding carboxylic acids is 1. The molecule has 0 spiro atoms. The Balaban J connectivity index is 3.12. The van der Waals surface area contributed by atoms with Crippen molar-refractivity contribution in [1.82, 2.24) is 4.90 Å². The molecule has 1 aromatic rings. The number of rotatable bonds is 5. The Kier molecular flexibility index (Phi) is 5.33. The third-order valence-electron chi connectivity index (χ3n) is 3.18. The van der Waals surface area contributed by atoms with E-state index in [2.05, 4.69) is 0 Å². The van der Waals surface area contributed by atoms with Gasteiger partial charge in [0, 0.05) is 25.7 Å². The first kappa shape index (κ1) is 16.2. The van der Waals surface area contributed by atoms with Crippen molar-refractivity contribution >= 4 is 28.9 Å². The molecule has 0 aliphatic carbocycles. The molecule has 1 unspecified atom stereocenters. The van der Waals surface area contributed by atoms with Crippen LogP contribution in [-0.4, -0.2) is 29.3 Å². The molecular formula is C13H18ClN3O3. The van der Waals surface area contributed by atoms with Gasteiger partial charge < -0.3 is 10.6 Å². The second-order valence-corrected chi connectivity index (χ2v) is 5.25. The lowest BCUT2D eigenvalue weighted by Crippen LogP contribution is -2.31. The second kappa shape index (κ2) is 6.56. The summed E-state index contributed by atoms with van der Waals surface area (Å²) >= 11 is 5.84. The Bertz CT molecular complexity index is 534. The van der Waals surface area contributed by atoms with Crippen molar-refractivity contribution in [3.05, 3.63) is 32.8 Å². The third-order valence-corrected chi connectivity index (χ3v) is 3.50. The van der Waals surface area contributed by atoms with Crippen LogP contribution in [0, 0.1) is 16.0 Å². The average molecular weight is 300 g/mol. The van der Waals surface area contributed by atoms with Crippen molar-refractivity contribution in [2.75, 3.05) is 19.3 Å². The van der Waals surface area contributed by atoms with Crippen LogP contribution in [0.15, 0.2) is 12.1 Å². The molecular weight excluding hydrogens is 282 g/mol. The van der Waals surface area contributed by atoms with Gasteiger partial charge in [0.2, 0.25) is 0 Å². The van der Waals surface area contributed by atoms with Crippen molar-refractivity contribution in [3.8, 4) is 0 Å². The van der Waals surface area contributed by atoms with Crippen molar-refractivity contribution in [1.29, 1.82) is 0 Å². The quantitative estimate of drug-likeness (QED) is 0.514. The molecule has 0 aliphatic rings. The van der Waals surface area contributed by atoms with Gasteiger partial charge in [0.1, 0.15) is 0 Å². The number of non-ortho nitro benzene ring substituents is 1. The molecule has 0 saturated heterocycles. The van der Waals surface area contributed by atoms with E-state index in [1.54, 1.807) is 7.05 Å². The molecule has 1 aromatic carbocycles. The summed E-state index contributed by atoms with van der Waals surface area (Å²) in [5.41, 5.74) is 5.64. The minimum atomic E-state index is -0.600. The van der Waals surface area contributed by atoms with Gasteiger partial charge in [-0.3, -0.25) is 14.9 Å². The van der Waals surface area contributed by atoms with Crippen LogP contribution >= 0.6 is 11.6 Å². The molecule has 0 aromatic heterocycles. The third kappa shape index (κ3) is 3.60. The maximum Gasteiger partial charge on any atom is 0.271 e. The van der Waals surface area contributed by atoms with Gasteiger partial charge in [0.25, 0.3) is 11.6 Å². The van der Waals surface area contributed by atoms with E-state index in [0.717, 1.165) is 18.6 Å². The zero-order valence-electron chi connectivity index (χ0n) is 11.7. The lowest BCUT2D eigenvalue weighted by molar-refractivity contribution is -0.384. The van der Waals surface area contributed by atoms with Gasteiger partial charge in [-0.15, -0.1) is 0 Å². The average Bonchev–Trinajstić information content (AvgIpc) is 2.40. The Morgan fingerprint density at radius 1 is 1.55 bits per heavy atom. The number of hydrogen-bond donors (Lipinski definition) is 1. The summed E-state index contributed by atoms with van der Waals surface area (Å²) in [6.45, 7) is 4.60. The Morgan fingerprint density at radius 2 is 2.15 bits per heavy atom. The van der Waals surface area contributed by atoms with Crippen LogP contribution in [0.3, 0.4) is 0 Å². The summed E-state index contributed by atoms with van der Waals surface area (Å²) in [5, 5.41) is 10.8. The van der Waals surface area contributed by atoms with E-state index < -0.39 is 4.92 Å². The van der Waals surface area contributed by atoms with E-state index in [0.29, 0.717) is 12.5 Å². The molecule has 1 amide bonds. The molecule has 0 radical (unpaired) electrons. The van der Waals surface area contributed by atoms with Gasteiger partial charge in [0.15, 0.2) is 0 Å². The first-order valence-corrected chi connectivity index (χ1v) is 6.64. The van der Waals surface area contributed by atoms with Crippen molar-refractivity contribution < 1.29 is 9.72 Å². The number of anilines is 1. The van der Waals surface area contributed by atoms with Crippen LogP contribution in [0.1, 0.15) is 30.6 Å². The van der Waals surface area contributed by atoms with E-state index in [1.165, 1.54) is 4.90 Å². The molecule has 20 heavy (non-hydrogen) atoms. The lowest BCUT2D eigenvalue weighted by Gasteiger charge is -2.21. The zero-order chi connectivity index (χ0) is 15.4. The number of nitro benzene ring substituents is 1. The van der Waals surface area contributed by atoms with Gasteiger partial charge in [-0.2, -0.15) is 0 Å². The standard InChI is InChI=1S/C13H18ClN3O3/c1-4-8(2)7-16(3)13(18)10-5-9(17(19)20)6-11(14)12(10)15/h5-6,8H,4,7,15H2,1-3H3. The number of amides is 1. The first-order valence-electron chi connectivity index (χ1n) is 6.26. The summed E-state index contributed by atoms with van der Waals surface area (Å²) < 4.78 is 0. The predicted molar refractivity (Wildman–Crippen MR) is 78.9 cm³/mol. The number of halogens is 1. The maximum absolute atomic E-state index is 12.3. The maximum atomic E-state index is 12.3. The smallest absolute Gasteiger partial charge is 0.271 e. The molecule has 2 N–H and O–H groups in total. The van der Waals surface area contributed by atoms with Gasteiger partial charge in [-0.25, -0.2) is 0 Å². The minimum Gasteiger partial charge on any atom is -0.397 e. The number of nitrogens with zero attached hydrogens (tertiary/aromatic N) is 2. The molecule has 6 nitrogen and oxygen atoms in total. The Labute approximate surface area is 122 Å². The Morgan fingerprint density at radius 3 is 2.65 bits per heavy atom. The van der Waals surface area contributed by atoms with Crippen LogP contribution in [0.4, 0.5) is 11.4 Å². The molecule has 1 rings (SSSR count). The van der Waals surface area contributed by atoms with Crippen LogP contribution in [0.2, 0.25) is 5.02 Å². The fraction of sp³-hybridized carbons (Fsp3) is 0.462. The molecule has 0 heterocycles. The molecule has 110 valence electrons. The SMILES string of the molecule is CCC(C)CN(C)C(=O)c1cc([N+](=O)[O-])cc(Cl)c1N. The fourth-order valence-electron chi connectivity index (χ4n) is 1.77. The highest BCUT2D eigenvalue weighted by Crippen LogP contribution is 2.29. The van der Waals surface area contributed by atoms with E-state index in [1.807, 2.05) is 13.8 Å². The fourth-order valence-corrected chi connectivity index (χ4v) is 1.98. The van der Waals surface area contributed by atoms with Crippen LogP contribution < -0.4 is 5.73 Å². The molecule has 0 bridgehead atoms. The normalized spacial score (nSPS) is 12.0. The lowest BCUT2D eigenvalue weighted by atomic mass is 10.1. The van der Waals surface area contributed by atoms with Gasteiger partial charge in [-0.1, -0.05) is 31.9 Å². The summed E-state index contributed by atoms with van der Waals surface area (Å²) in [6.07, 6.45) is 0.933. The van der Waals surface area contributed by atoms with Crippen molar-refractivity contribution in [2.45, 2.75) is 20.3 Å². The summed E-state index contributed by atoms with van der Waals surface area (Å²) in [7, 11) is 1.64. The number of nitrogen functional groups attached to an aromatic ring is 1. The molecule has 0 aliphatic heterocycles. The molecule has 7 heteroatoms. The van der Waals surface area contributed by atoms with Crippen LogP contribution in [-0.2, 0) is 0 Å². The van der Waals surface area contributed by atoms with Crippen LogP contribution in [0.25, 0.3) is 0 Å². The molecule has 1 atom stereocenters. The highest BCUT2D eigenvalue weighted by atomic mass is 35.5. The first-order chi connectivity index (χ1) is 9.27. The number of hydrogen-bond acceptors (Lipinski definition) is 4. The van der Waals surface area contributed by atoms with E-state index in [4.69, 9.17) is 17.3 Å².